The van der Waals surface area contributed by atoms with Crippen molar-refractivity contribution >= 4 is 75.1 Å². The second-order valence-corrected chi connectivity index (χ2v) is 15.5. The highest BCUT2D eigenvalue weighted by atomic mass is 35.5. The van der Waals surface area contributed by atoms with Crippen LogP contribution in [0.5, 0.6) is 0 Å². The van der Waals surface area contributed by atoms with Gasteiger partial charge in [-0.05, 0) is 67.5 Å². The van der Waals surface area contributed by atoms with E-state index in [-0.39, 0.29) is 37.3 Å². The molecule has 14 heteroatoms. The lowest BCUT2D eigenvalue weighted by Gasteiger charge is -2.31. The first kappa shape index (κ1) is 35.5. The number of primary amides is 1. The van der Waals surface area contributed by atoms with Crippen LogP contribution in [0, 0.1) is 17.3 Å². The molecule has 256 valence electrons. The van der Waals surface area contributed by atoms with Crippen LogP contribution in [0.15, 0.2) is 24.3 Å². The maximum Gasteiger partial charge on any atom is 0.391 e. The van der Waals surface area contributed by atoms with Crippen LogP contribution in [0.4, 0.5) is 30.5 Å². The van der Waals surface area contributed by atoms with Crippen molar-refractivity contribution in [2.24, 2.45) is 23.0 Å². The van der Waals surface area contributed by atoms with Gasteiger partial charge in [0, 0.05) is 37.3 Å². The van der Waals surface area contributed by atoms with Gasteiger partial charge in [0.05, 0.1) is 43.9 Å². The molecule has 4 N–H and O–H groups in total. The van der Waals surface area contributed by atoms with Crippen molar-refractivity contribution in [2.75, 3.05) is 28.8 Å². The number of thioether (sulfide) groups is 1. The number of benzene rings is 2. The summed E-state index contributed by atoms with van der Waals surface area (Å²) < 4.78 is 42.3. The summed E-state index contributed by atoms with van der Waals surface area (Å²) in [4.78, 5) is 32.1. The van der Waals surface area contributed by atoms with Crippen molar-refractivity contribution in [3.8, 4) is 0 Å². The van der Waals surface area contributed by atoms with Gasteiger partial charge in [0.15, 0.2) is 0 Å². The summed E-state index contributed by atoms with van der Waals surface area (Å²) >= 11 is 15.4. The number of nitrogens with two attached hydrogens (primary N) is 1. The monoisotopic (exact) mass is 712 g/mol. The van der Waals surface area contributed by atoms with E-state index in [0.29, 0.717) is 68.9 Å². The first-order valence-corrected chi connectivity index (χ1v) is 17.7. The highest BCUT2D eigenvalue weighted by molar-refractivity contribution is 7.99. The van der Waals surface area contributed by atoms with Crippen molar-refractivity contribution in [1.29, 1.82) is 0 Å². The quantitative estimate of drug-likeness (QED) is 0.207. The third-order valence-corrected chi connectivity index (χ3v) is 11.1. The van der Waals surface area contributed by atoms with Gasteiger partial charge in [-0.3, -0.25) is 9.59 Å². The molecule has 2 aliphatic rings. The molecule has 0 radical (unpaired) electrons. The fourth-order valence-electron chi connectivity index (χ4n) is 6.28. The minimum atomic E-state index is -4.20. The minimum Gasteiger partial charge on any atom is -0.370 e. The first-order chi connectivity index (χ1) is 22.0. The van der Waals surface area contributed by atoms with E-state index in [9.17, 15) is 22.8 Å². The smallest absolute Gasteiger partial charge is 0.370 e. The van der Waals surface area contributed by atoms with Crippen LogP contribution in [-0.2, 0) is 17.9 Å². The predicted octanol–water partition coefficient (Wildman–Crippen LogP) is 8.16. The van der Waals surface area contributed by atoms with Gasteiger partial charge in [0.2, 0.25) is 11.9 Å². The van der Waals surface area contributed by atoms with E-state index in [4.69, 9.17) is 33.9 Å². The zero-order chi connectivity index (χ0) is 34.3. The van der Waals surface area contributed by atoms with E-state index < -0.39 is 23.4 Å². The van der Waals surface area contributed by atoms with Crippen molar-refractivity contribution in [3.05, 3.63) is 45.4 Å². The molecule has 2 fully saturated rings. The van der Waals surface area contributed by atoms with Crippen molar-refractivity contribution in [2.45, 2.75) is 78.2 Å². The lowest BCUT2D eigenvalue weighted by atomic mass is 9.81. The van der Waals surface area contributed by atoms with Gasteiger partial charge in [-0.25, -0.2) is 4.98 Å². The van der Waals surface area contributed by atoms with E-state index in [1.165, 1.54) is 0 Å². The number of imidazole rings is 1. The number of carbonyl (C=O) groups is 2. The summed E-state index contributed by atoms with van der Waals surface area (Å²) in [5, 5.41) is 6.82. The first-order valence-electron chi connectivity index (χ1n) is 15.8. The number of amides is 2. The summed E-state index contributed by atoms with van der Waals surface area (Å²) in [6.07, 6.45) is -2.26. The van der Waals surface area contributed by atoms with Crippen LogP contribution in [0.1, 0.15) is 68.8 Å². The molecular formula is C33H41Cl2F3N6O2S. The van der Waals surface area contributed by atoms with Crippen LogP contribution in [0.3, 0.4) is 0 Å². The van der Waals surface area contributed by atoms with E-state index in [2.05, 4.69) is 15.5 Å². The van der Waals surface area contributed by atoms with Crippen LogP contribution in [0.2, 0.25) is 10.0 Å². The Hall–Kier alpha value is -2.83. The number of anilines is 3. The van der Waals surface area contributed by atoms with Gasteiger partial charge in [0.25, 0.3) is 5.91 Å². The Kier molecular flexibility index (Phi) is 10.5. The molecule has 1 saturated heterocycles. The molecule has 1 aliphatic carbocycles. The largest absolute Gasteiger partial charge is 0.391 e. The second-order valence-electron chi connectivity index (χ2n) is 13.6. The number of carbonyl (C=O) groups excluding carboxylic acids is 2. The Morgan fingerprint density at radius 1 is 1.11 bits per heavy atom. The molecule has 0 bridgehead atoms. The number of fused-ring (bicyclic) bond motifs is 1. The summed E-state index contributed by atoms with van der Waals surface area (Å²) in [6, 6.07) is 7.22. The van der Waals surface area contributed by atoms with Crippen LogP contribution in [-0.4, -0.2) is 52.1 Å². The lowest BCUT2D eigenvalue weighted by Crippen LogP contribution is -2.34. The Labute approximate surface area is 287 Å². The maximum atomic E-state index is 13.5. The highest BCUT2D eigenvalue weighted by Gasteiger charge is 2.41. The summed E-state index contributed by atoms with van der Waals surface area (Å²) in [6.45, 7) is 6.03. The van der Waals surface area contributed by atoms with Crippen LogP contribution in [0.25, 0.3) is 11.0 Å². The molecule has 5 rings (SSSR count). The third-order valence-electron chi connectivity index (χ3n) is 9.24. The molecule has 2 heterocycles. The van der Waals surface area contributed by atoms with Crippen LogP contribution < -0.4 is 21.3 Å². The molecule has 8 nitrogen and oxygen atoms in total. The zero-order valence-corrected chi connectivity index (χ0v) is 29.3. The van der Waals surface area contributed by atoms with E-state index in [0.717, 1.165) is 17.9 Å². The van der Waals surface area contributed by atoms with Crippen molar-refractivity contribution < 1.29 is 22.8 Å². The molecule has 3 aromatic rings. The van der Waals surface area contributed by atoms with E-state index in [1.54, 1.807) is 18.2 Å². The second kappa shape index (κ2) is 14.0. The number of hydrogen-bond donors (Lipinski definition) is 3. The Bertz CT molecular complexity index is 1640. The SMILES string of the molecule is CN(c1cc2c(cc1C(N)=O)nc(Nc1c(Cl)ccc(CNC(=O)C(C)(C)C)c1Cl)n2CC1CCC(C(F)(F)F)CC1)C1CCSC1. The fourth-order valence-corrected chi connectivity index (χ4v) is 8.08. The number of hydrogen-bond acceptors (Lipinski definition) is 6. The van der Waals surface area contributed by atoms with E-state index >= 15 is 0 Å². The molecule has 1 unspecified atom stereocenters. The van der Waals surface area contributed by atoms with Crippen molar-refractivity contribution in [3.63, 3.8) is 0 Å². The number of halogens is 5. The molecule has 1 atom stereocenters. The van der Waals surface area contributed by atoms with Crippen LogP contribution >= 0.6 is 35.0 Å². The van der Waals surface area contributed by atoms with Gasteiger partial charge in [-0.15, -0.1) is 0 Å². The van der Waals surface area contributed by atoms with Gasteiger partial charge in [-0.1, -0.05) is 50.0 Å². The zero-order valence-electron chi connectivity index (χ0n) is 26.9. The minimum absolute atomic E-state index is 0.0281. The van der Waals surface area contributed by atoms with Gasteiger partial charge in [-0.2, -0.15) is 24.9 Å². The maximum absolute atomic E-state index is 13.5. The van der Waals surface area contributed by atoms with E-state index in [1.807, 2.05) is 50.2 Å². The fraction of sp³-hybridized carbons (Fsp3) is 0.545. The molecule has 47 heavy (non-hydrogen) atoms. The normalized spacial score (nSPS) is 20.4. The summed E-state index contributed by atoms with van der Waals surface area (Å²) in [7, 11) is 1.95. The predicted molar refractivity (Wildman–Crippen MR) is 185 cm³/mol. The summed E-state index contributed by atoms with van der Waals surface area (Å²) in [5.41, 5.74) is 8.53. The van der Waals surface area contributed by atoms with Gasteiger partial charge < -0.3 is 25.8 Å². The summed E-state index contributed by atoms with van der Waals surface area (Å²) in [5.74, 6) is 0.287. The number of nitrogens with zero attached hydrogens (tertiary/aromatic N) is 3. The van der Waals surface area contributed by atoms with Gasteiger partial charge in [0.1, 0.15) is 0 Å². The molecule has 1 aromatic heterocycles. The molecule has 0 spiro atoms. The molecular weight excluding hydrogens is 672 g/mol. The average Bonchev–Trinajstić information content (AvgIpc) is 3.65. The number of aromatic nitrogens is 2. The Balaban J connectivity index is 1.55. The molecule has 1 saturated carbocycles. The molecule has 2 aromatic carbocycles. The number of nitrogens with one attached hydrogen (secondary N) is 2. The highest BCUT2D eigenvalue weighted by Crippen LogP contribution is 2.42. The third kappa shape index (κ3) is 7.91. The van der Waals surface area contributed by atoms with Crippen molar-refractivity contribution in [1.82, 2.24) is 14.9 Å². The standard InChI is InChI=1S/C33H41Cl2F3N6O2S/c1-32(2,3)30(46)40-15-19-7-10-23(34)28(27(19)35)42-31-41-24-13-22(29(39)45)25(43(4)21-11-12-47-17-21)14-26(24)44(31)16-18-5-8-20(9-6-18)33(36,37)38/h7,10,13-14,18,20-21H,5-6,8-9,11-12,15-17H2,1-4H3,(H2,39,45)(H,40,46)(H,41,42). The van der Waals surface area contributed by atoms with Gasteiger partial charge >= 0.3 is 6.18 Å². The molecule has 1 aliphatic heterocycles. The topological polar surface area (TPSA) is 105 Å². The molecule has 2 amide bonds. The Morgan fingerprint density at radius 2 is 1.81 bits per heavy atom. The number of alkyl halides is 3. The number of rotatable bonds is 9. The Morgan fingerprint density at radius 3 is 2.40 bits per heavy atom. The average molecular weight is 714 g/mol. The lowest BCUT2D eigenvalue weighted by molar-refractivity contribution is -0.184.